The zero-order chi connectivity index (χ0) is 28.3. The lowest BCUT2D eigenvalue weighted by Gasteiger charge is -2.30. The van der Waals surface area contributed by atoms with Crippen LogP contribution in [0.4, 0.5) is 5.69 Å². The summed E-state index contributed by atoms with van der Waals surface area (Å²) in [6.07, 6.45) is 5.47. The molecular formula is C27H37N9O3. The van der Waals surface area contributed by atoms with Gasteiger partial charge in [0.1, 0.15) is 11.4 Å². The second kappa shape index (κ2) is 13.8. The zero-order valence-electron chi connectivity index (χ0n) is 23.0. The average molecular weight is 536 g/mol. The van der Waals surface area contributed by atoms with Gasteiger partial charge in [0, 0.05) is 31.2 Å². The summed E-state index contributed by atoms with van der Waals surface area (Å²) in [7, 11) is 0. The molecule has 2 amide bonds. The smallest absolute Gasteiger partial charge is 0.224 e. The number of carbonyl (C=O) groups is 2. The lowest BCUT2D eigenvalue weighted by Crippen LogP contribution is -2.44. The minimum Gasteiger partial charge on any atom is -0.375 e. The Bertz CT molecular complexity index is 1200. The topological polar surface area (TPSA) is 171 Å². The molecule has 0 aliphatic carbocycles. The fourth-order valence-corrected chi connectivity index (χ4v) is 3.67. The highest BCUT2D eigenvalue weighted by Gasteiger charge is 2.23. The lowest BCUT2D eigenvalue weighted by atomic mass is 10.00. The number of carbonyl (C=O) groups excluding carboxylic acids is 2. The van der Waals surface area contributed by atoms with E-state index in [-0.39, 0.29) is 36.1 Å². The summed E-state index contributed by atoms with van der Waals surface area (Å²) in [6.45, 7) is 9.01. The number of nitrogens with two attached hydrogens (primary N) is 1. The summed E-state index contributed by atoms with van der Waals surface area (Å²) in [6, 6.07) is 8.76. The van der Waals surface area contributed by atoms with Crippen LogP contribution in [0.5, 0.6) is 0 Å². The highest BCUT2D eigenvalue weighted by molar-refractivity contribution is 5.91. The Balaban J connectivity index is 1.39. The number of hydrogen-bond acceptors (Lipinski definition) is 10. The van der Waals surface area contributed by atoms with Gasteiger partial charge in [-0.25, -0.2) is 0 Å². The van der Waals surface area contributed by atoms with Crippen LogP contribution in [0.1, 0.15) is 59.8 Å². The van der Waals surface area contributed by atoms with Crippen molar-refractivity contribution in [2.24, 2.45) is 5.73 Å². The van der Waals surface area contributed by atoms with Gasteiger partial charge in [0.15, 0.2) is 0 Å². The van der Waals surface area contributed by atoms with Gasteiger partial charge in [0.25, 0.3) is 0 Å². The summed E-state index contributed by atoms with van der Waals surface area (Å²) < 4.78 is 5.91. The predicted molar refractivity (Wildman–Crippen MR) is 147 cm³/mol. The van der Waals surface area contributed by atoms with E-state index in [1.165, 1.54) is 6.20 Å². The number of hydrogen-bond donors (Lipinski definition) is 3. The maximum absolute atomic E-state index is 12.4. The van der Waals surface area contributed by atoms with Gasteiger partial charge in [-0.15, -0.1) is 20.4 Å². The molecule has 0 radical (unpaired) electrons. The van der Waals surface area contributed by atoms with Crippen molar-refractivity contribution >= 4 is 17.5 Å². The number of amides is 2. The third kappa shape index (κ3) is 10.1. The van der Waals surface area contributed by atoms with E-state index in [0.717, 1.165) is 6.42 Å². The Kier molecular flexibility index (Phi) is 10.5. The molecule has 4 N–H and O–H groups in total. The molecular weight excluding hydrogens is 498 g/mol. The quantitative estimate of drug-likeness (QED) is 0.279. The Hall–Kier alpha value is -3.90. The van der Waals surface area contributed by atoms with Crippen molar-refractivity contribution in [3.05, 3.63) is 42.7 Å². The molecule has 39 heavy (non-hydrogen) atoms. The van der Waals surface area contributed by atoms with Gasteiger partial charge >= 0.3 is 0 Å². The van der Waals surface area contributed by atoms with E-state index in [1.54, 1.807) is 30.5 Å². The van der Waals surface area contributed by atoms with Crippen molar-refractivity contribution in [1.29, 1.82) is 0 Å². The van der Waals surface area contributed by atoms with Gasteiger partial charge in [0.2, 0.25) is 23.5 Å². The Morgan fingerprint density at radius 1 is 0.872 bits per heavy atom. The van der Waals surface area contributed by atoms with Crippen LogP contribution < -0.4 is 16.4 Å². The summed E-state index contributed by atoms with van der Waals surface area (Å²) in [5.74, 6) is 0.270. The number of anilines is 1. The van der Waals surface area contributed by atoms with Gasteiger partial charge in [-0.3, -0.25) is 19.6 Å². The number of ether oxygens (including phenoxy) is 1. The molecule has 3 aromatic heterocycles. The van der Waals surface area contributed by atoms with Crippen molar-refractivity contribution in [2.45, 2.75) is 70.9 Å². The third-order valence-electron chi connectivity index (χ3n) is 5.90. The number of pyridine rings is 2. The fraction of sp³-hybridized carbons (Fsp3) is 0.481. The van der Waals surface area contributed by atoms with E-state index in [4.69, 9.17) is 10.5 Å². The van der Waals surface area contributed by atoms with Crippen LogP contribution >= 0.6 is 0 Å². The molecule has 0 aliphatic heterocycles. The van der Waals surface area contributed by atoms with Crippen molar-refractivity contribution in [3.63, 3.8) is 0 Å². The Morgan fingerprint density at radius 2 is 1.54 bits per heavy atom. The standard InChI is InChI=1S/C27H37N9O3/c1-26(2,14-17-39-27(3,4)13-15-28)32-23(38)10-7-9-22(37)31-19-11-12-21(30-18-19)25-35-33-24(34-36-25)20-8-5-6-16-29-20/h5-6,8,11-12,16,18H,7,9-10,13-15,17,28H2,1-4H3,(H,31,37)(H,32,38). The number of nitrogens with zero attached hydrogens (tertiary/aromatic N) is 6. The van der Waals surface area contributed by atoms with Crippen LogP contribution in [0, 0.1) is 0 Å². The second-order valence-corrected chi connectivity index (χ2v) is 10.4. The van der Waals surface area contributed by atoms with E-state index in [9.17, 15) is 9.59 Å². The van der Waals surface area contributed by atoms with Crippen molar-refractivity contribution in [1.82, 2.24) is 35.7 Å². The van der Waals surface area contributed by atoms with Crippen molar-refractivity contribution in [2.75, 3.05) is 18.5 Å². The first kappa shape index (κ1) is 29.7. The summed E-state index contributed by atoms with van der Waals surface area (Å²) in [5.41, 5.74) is 6.48. The third-order valence-corrected chi connectivity index (χ3v) is 5.90. The van der Waals surface area contributed by atoms with Crippen molar-refractivity contribution < 1.29 is 14.3 Å². The predicted octanol–water partition coefficient (Wildman–Crippen LogP) is 2.93. The number of aromatic nitrogens is 6. The summed E-state index contributed by atoms with van der Waals surface area (Å²) >= 11 is 0. The molecule has 3 rings (SSSR count). The molecule has 3 aromatic rings. The van der Waals surface area contributed by atoms with Crippen LogP contribution in [-0.2, 0) is 14.3 Å². The first-order valence-electron chi connectivity index (χ1n) is 13.0. The van der Waals surface area contributed by atoms with E-state index in [0.29, 0.717) is 48.9 Å². The van der Waals surface area contributed by atoms with Gasteiger partial charge in [-0.1, -0.05) is 6.07 Å². The maximum atomic E-state index is 12.4. The van der Waals surface area contributed by atoms with Crippen LogP contribution in [0.25, 0.3) is 23.0 Å². The highest BCUT2D eigenvalue weighted by Crippen LogP contribution is 2.18. The molecule has 3 heterocycles. The summed E-state index contributed by atoms with van der Waals surface area (Å²) in [4.78, 5) is 33.2. The van der Waals surface area contributed by atoms with E-state index < -0.39 is 5.54 Å². The van der Waals surface area contributed by atoms with Crippen molar-refractivity contribution in [3.8, 4) is 23.0 Å². The molecule has 12 heteroatoms. The minimum atomic E-state index is -0.418. The fourth-order valence-electron chi connectivity index (χ4n) is 3.67. The van der Waals surface area contributed by atoms with E-state index in [2.05, 4.69) is 41.0 Å². The normalized spacial score (nSPS) is 11.7. The van der Waals surface area contributed by atoms with Crippen LogP contribution in [0.2, 0.25) is 0 Å². The average Bonchev–Trinajstić information content (AvgIpc) is 2.89. The molecule has 0 atom stereocenters. The Morgan fingerprint density at radius 3 is 2.13 bits per heavy atom. The maximum Gasteiger partial charge on any atom is 0.224 e. The van der Waals surface area contributed by atoms with Gasteiger partial charge in [-0.05, 0) is 77.8 Å². The monoisotopic (exact) mass is 535 g/mol. The molecule has 0 saturated carbocycles. The molecule has 0 aliphatic rings. The largest absolute Gasteiger partial charge is 0.375 e. The first-order chi connectivity index (χ1) is 18.6. The van der Waals surface area contributed by atoms with Gasteiger partial charge < -0.3 is 21.1 Å². The molecule has 0 fully saturated rings. The first-order valence-corrected chi connectivity index (χ1v) is 13.0. The lowest BCUT2D eigenvalue weighted by molar-refractivity contribution is -0.123. The number of rotatable bonds is 14. The Labute approximate surface area is 228 Å². The molecule has 0 unspecified atom stereocenters. The number of nitrogens with one attached hydrogen (secondary N) is 2. The molecule has 208 valence electrons. The van der Waals surface area contributed by atoms with Crippen LogP contribution in [0.3, 0.4) is 0 Å². The molecule has 12 nitrogen and oxygen atoms in total. The van der Waals surface area contributed by atoms with E-state index in [1.807, 2.05) is 33.8 Å². The second-order valence-electron chi connectivity index (χ2n) is 10.4. The zero-order valence-corrected chi connectivity index (χ0v) is 23.0. The SMILES string of the molecule is CC(C)(CCOC(C)(C)CCN)NC(=O)CCCC(=O)Nc1ccc(-c2nnc(-c3ccccn3)nn2)nc1. The molecule has 0 bridgehead atoms. The molecule has 0 saturated heterocycles. The summed E-state index contributed by atoms with van der Waals surface area (Å²) in [5, 5.41) is 22.1. The van der Waals surface area contributed by atoms with Gasteiger partial charge in [-0.2, -0.15) is 0 Å². The van der Waals surface area contributed by atoms with Crippen LogP contribution in [0.15, 0.2) is 42.7 Å². The van der Waals surface area contributed by atoms with Gasteiger partial charge in [0.05, 0.1) is 17.5 Å². The molecule has 0 aromatic carbocycles. The van der Waals surface area contributed by atoms with Crippen LogP contribution in [-0.4, -0.2) is 66.5 Å². The highest BCUT2D eigenvalue weighted by atomic mass is 16.5. The van der Waals surface area contributed by atoms with E-state index >= 15 is 0 Å². The minimum absolute atomic E-state index is 0.101. The molecule has 0 spiro atoms.